The van der Waals surface area contributed by atoms with Crippen molar-refractivity contribution in [3.05, 3.63) is 39.9 Å². The highest BCUT2D eigenvalue weighted by Crippen LogP contribution is 2.14. The molecule has 0 heterocycles. The van der Waals surface area contributed by atoms with E-state index in [-0.39, 0.29) is 25.1 Å². The summed E-state index contributed by atoms with van der Waals surface area (Å²) < 4.78 is 18.7. The van der Waals surface area contributed by atoms with Crippen LogP contribution in [-0.2, 0) is 35.1 Å². The van der Waals surface area contributed by atoms with Crippen molar-refractivity contribution in [2.45, 2.75) is 25.6 Å². The van der Waals surface area contributed by atoms with E-state index in [4.69, 9.17) is 9.47 Å². The second-order valence-electron chi connectivity index (χ2n) is 4.76. The molecule has 0 N–H and O–H groups in total. The topological polar surface area (TPSA) is 131 Å². The van der Waals surface area contributed by atoms with Crippen molar-refractivity contribution in [1.82, 2.24) is 0 Å². The first-order chi connectivity index (χ1) is 11.8. The first-order valence-electron chi connectivity index (χ1n) is 7.06. The van der Waals surface area contributed by atoms with E-state index in [9.17, 15) is 24.5 Å². The third-order valence-electron chi connectivity index (χ3n) is 3.01. The molecule has 0 amide bonds. The highest BCUT2D eigenvalue weighted by atomic mass is 16.7. The summed E-state index contributed by atoms with van der Waals surface area (Å²) in [5.74, 6) is -1.34. The fourth-order valence-electron chi connectivity index (χ4n) is 1.72. The Morgan fingerprint density at radius 3 is 2.00 bits per heavy atom. The molecule has 1 rings (SSSR count). The highest BCUT2D eigenvalue weighted by molar-refractivity contribution is 5.74. The predicted octanol–water partition coefficient (Wildman–Crippen LogP) is 1.74. The molecule has 0 bridgehead atoms. The Kier molecular flexibility index (Phi) is 7.83. The van der Waals surface area contributed by atoms with Gasteiger partial charge >= 0.3 is 18.1 Å². The largest absolute Gasteiger partial charge is 0.508 e. The number of non-ortho nitro benzene ring substituents is 1. The Morgan fingerprint density at radius 1 is 1.04 bits per heavy atom. The monoisotopic (exact) mass is 355 g/mol. The van der Waals surface area contributed by atoms with Crippen LogP contribution in [0.5, 0.6) is 0 Å². The third-order valence-corrected chi connectivity index (χ3v) is 3.01. The second kappa shape index (κ2) is 9.85. The van der Waals surface area contributed by atoms with Crippen LogP contribution in [0.4, 0.5) is 10.5 Å². The zero-order valence-electron chi connectivity index (χ0n) is 13.6. The zero-order valence-corrected chi connectivity index (χ0v) is 13.6. The number of carbonyl (C=O) groups is 3. The molecule has 0 atom stereocenters. The number of rotatable bonds is 8. The summed E-state index contributed by atoms with van der Waals surface area (Å²) in [6, 6.07) is 5.38. The van der Waals surface area contributed by atoms with Gasteiger partial charge in [0.2, 0.25) is 0 Å². The molecule has 0 aliphatic rings. The van der Waals surface area contributed by atoms with Crippen LogP contribution in [0.2, 0.25) is 0 Å². The number of carbonyl (C=O) groups excluding carboxylic acids is 3. The van der Waals surface area contributed by atoms with Crippen molar-refractivity contribution in [2.75, 3.05) is 14.2 Å². The van der Waals surface area contributed by atoms with Crippen LogP contribution < -0.4 is 0 Å². The van der Waals surface area contributed by atoms with Crippen LogP contribution in [0, 0.1) is 10.1 Å². The second-order valence-corrected chi connectivity index (χ2v) is 4.76. The van der Waals surface area contributed by atoms with Crippen molar-refractivity contribution >= 4 is 23.8 Å². The van der Waals surface area contributed by atoms with Gasteiger partial charge in [-0.15, -0.1) is 0 Å². The minimum Gasteiger partial charge on any atom is -0.469 e. The molecule has 0 fully saturated rings. The van der Waals surface area contributed by atoms with E-state index < -0.39 is 29.1 Å². The van der Waals surface area contributed by atoms with Gasteiger partial charge in [0.15, 0.2) is 0 Å². The first kappa shape index (κ1) is 19.9. The molecule has 0 saturated carbocycles. The lowest BCUT2D eigenvalue weighted by atomic mass is 10.2. The Morgan fingerprint density at radius 2 is 1.56 bits per heavy atom. The van der Waals surface area contributed by atoms with Crippen LogP contribution in [0.3, 0.4) is 0 Å². The maximum absolute atomic E-state index is 11.7. The van der Waals surface area contributed by atoms with Gasteiger partial charge in [0, 0.05) is 12.1 Å². The van der Waals surface area contributed by atoms with Gasteiger partial charge in [-0.05, 0) is 17.7 Å². The fraction of sp³-hybridized carbons (Fsp3) is 0.400. The molecule has 0 unspecified atom stereocenters. The van der Waals surface area contributed by atoms with Crippen LogP contribution in [0.15, 0.2) is 24.3 Å². The maximum Gasteiger partial charge on any atom is 0.508 e. The molecule has 0 radical (unpaired) electrons. The molecule has 0 aromatic heterocycles. The van der Waals surface area contributed by atoms with Gasteiger partial charge in [0.05, 0.1) is 32.0 Å². The van der Waals surface area contributed by atoms with E-state index in [1.54, 1.807) is 0 Å². The normalized spacial score (nSPS) is 10.0. The molecule has 0 spiro atoms. The number of nitro benzene ring substituents is 1. The average Bonchev–Trinajstić information content (AvgIpc) is 2.59. The summed E-state index contributed by atoms with van der Waals surface area (Å²) in [6.07, 6.45) is -2.86. The van der Waals surface area contributed by atoms with E-state index in [0.717, 1.165) is 14.2 Å². The quantitative estimate of drug-likeness (QED) is 0.296. The fourth-order valence-corrected chi connectivity index (χ4v) is 1.72. The molecule has 0 saturated heterocycles. The highest BCUT2D eigenvalue weighted by Gasteiger charge is 2.23. The van der Waals surface area contributed by atoms with Gasteiger partial charge in [0.25, 0.3) is 5.69 Å². The van der Waals surface area contributed by atoms with E-state index >= 15 is 0 Å². The SMILES string of the molecule is COC(=O)CC(CC(=O)OC)OC(=O)OCc1ccc([N+](=O)[O-])cc1. The standard InChI is InChI=1S/C15H17NO9/c1-22-13(17)7-12(8-14(18)23-2)25-15(19)24-9-10-3-5-11(6-4-10)16(20)21/h3-6,12H,7-9H2,1-2H3. The predicted molar refractivity (Wildman–Crippen MR) is 81.4 cm³/mol. The molecule has 0 aliphatic carbocycles. The van der Waals surface area contributed by atoms with Gasteiger partial charge in [-0.2, -0.15) is 0 Å². The van der Waals surface area contributed by atoms with Crippen molar-refractivity contribution in [1.29, 1.82) is 0 Å². The number of ether oxygens (including phenoxy) is 4. The van der Waals surface area contributed by atoms with Gasteiger partial charge in [-0.1, -0.05) is 0 Å². The summed E-state index contributed by atoms with van der Waals surface area (Å²) in [5.41, 5.74) is 0.405. The number of esters is 2. The number of hydrogen-bond acceptors (Lipinski definition) is 9. The first-order valence-corrected chi connectivity index (χ1v) is 7.06. The van der Waals surface area contributed by atoms with Crippen LogP contribution in [0.25, 0.3) is 0 Å². The van der Waals surface area contributed by atoms with Gasteiger partial charge in [-0.25, -0.2) is 4.79 Å². The summed E-state index contributed by atoms with van der Waals surface area (Å²) in [6.45, 7) is -0.194. The molecule has 0 aliphatic heterocycles. The minimum atomic E-state index is -1.10. The van der Waals surface area contributed by atoms with Crippen LogP contribution in [0.1, 0.15) is 18.4 Å². The van der Waals surface area contributed by atoms with Crippen molar-refractivity contribution < 1.29 is 38.3 Å². The molecule has 1 aromatic carbocycles. The minimum absolute atomic E-state index is 0.0949. The molecular weight excluding hydrogens is 338 g/mol. The van der Waals surface area contributed by atoms with E-state index in [0.29, 0.717) is 5.56 Å². The summed E-state index contributed by atoms with van der Waals surface area (Å²) in [7, 11) is 2.31. The summed E-state index contributed by atoms with van der Waals surface area (Å²) >= 11 is 0. The number of nitrogens with zero attached hydrogens (tertiary/aromatic N) is 1. The number of nitro groups is 1. The van der Waals surface area contributed by atoms with Gasteiger partial charge in [-0.3, -0.25) is 19.7 Å². The molecule has 1 aromatic rings. The smallest absolute Gasteiger partial charge is 0.469 e. The van der Waals surface area contributed by atoms with E-state index in [1.807, 2.05) is 0 Å². The number of benzene rings is 1. The zero-order chi connectivity index (χ0) is 18.8. The lowest BCUT2D eigenvalue weighted by molar-refractivity contribution is -0.384. The van der Waals surface area contributed by atoms with E-state index in [1.165, 1.54) is 24.3 Å². The Bertz CT molecular complexity index is 608. The van der Waals surface area contributed by atoms with E-state index in [2.05, 4.69) is 9.47 Å². The lowest BCUT2D eigenvalue weighted by Crippen LogP contribution is -2.26. The molecule has 136 valence electrons. The van der Waals surface area contributed by atoms with Gasteiger partial charge < -0.3 is 18.9 Å². The number of hydrogen-bond donors (Lipinski definition) is 0. The molecule has 10 heteroatoms. The Labute approximate surface area is 142 Å². The summed E-state index contributed by atoms with van der Waals surface area (Å²) in [5, 5.41) is 10.6. The van der Waals surface area contributed by atoms with Crippen LogP contribution in [-0.4, -0.2) is 43.3 Å². The molecule has 25 heavy (non-hydrogen) atoms. The molecular formula is C15H17NO9. The Hall–Kier alpha value is -3.17. The number of methoxy groups -OCH3 is 2. The van der Waals surface area contributed by atoms with Gasteiger partial charge in [0.1, 0.15) is 12.7 Å². The lowest BCUT2D eigenvalue weighted by Gasteiger charge is -2.15. The third kappa shape index (κ3) is 7.29. The van der Waals surface area contributed by atoms with Crippen molar-refractivity contribution in [2.24, 2.45) is 0 Å². The maximum atomic E-state index is 11.7. The average molecular weight is 355 g/mol. The van der Waals surface area contributed by atoms with Crippen LogP contribution >= 0.6 is 0 Å². The molecule has 10 nitrogen and oxygen atoms in total. The van der Waals surface area contributed by atoms with Crippen molar-refractivity contribution in [3.63, 3.8) is 0 Å². The summed E-state index contributed by atoms with van der Waals surface area (Å²) in [4.78, 5) is 44.2. The van der Waals surface area contributed by atoms with Crippen molar-refractivity contribution in [3.8, 4) is 0 Å². The Balaban J connectivity index is 2.56.